The number of amides is 1. The van der Waals surface area contributed by atoms with Gasteiger partial charge in [0.15, 0.2) is 0 Å². The minimum atomic E-state index is 0.121. The Hall–Kier alpha value is -1.55. The van der Waals surface area contributed by atoms with Gasteiger partial charge in [-0.1, -0.05) is 19.9 Å². The van der Waals surface area contributed by atoms with Crippen LogP contribution in [0, 0.1) is 25.7 Å². The standard InChI is InChI=1S/C20H32N2O2/c1-13(2)16(5)21-20(24)17-6-8-22(9-7-17)12-18-10-14(3)15(4)11-19(18)23/h10-11,13,16-17,23H,6-9,12H2,1-5H3,(H,21,24). The highest BCUT2D eigenvalue weighted by molar-refractivity contribution is 5.79. The number of aromatic hydroxyl groups is 1. The van der Waals surface area contributed by atoms with Crippen molar-refractivity contribution in [1.29, 1.82) is 0 Å². The summed E-state index contributed by atoms with van der Waals surface area (Å²) in [5, 5.41) is 13.3. The predicted octanol–water partition coefficient (Wildman–Crippen LogP) is 3.38. The number of phenolic OH excluding ortho intramolecular Hbond substituents is 1. The average Bonchev–Trinajstić information content (AvgIpc) is 2.53. The van der Waals surface area contributed by atoms with Crippen LogP contribution in [0.4, 0.5) is 0 Å². The van der Waals surface area contributed by atoms with Crippen LogP contribution in [-0.4, -0.2) is 35.0 Å². The number of carbonyl (C=O) groups excluding carboxylic acids is 1. The molecule has 4 heteroatoms. The van der Waals surface area contributed by atoms with Crippen LogP contribution in [0.1, 0.15) is 50.3 Å². The number of rotatable bonds is 5. The van der Waals surface area contributed by atoms with Crippen molar-refractivity contribution in [2.24, 2.45) is 11.8 Å². The maximum atomic E-state index is 12.3. The van der Waals surface area contributed by atoms with Crippen LogP contribution in [0.15, 0.2) is 12.1 Å². The lowest BCUT2D eigenvalue weighted by Crippen LogP contribution is -2.44. The van der Waals surface area contributed by atoms with E-state index in [1.165, 1.54) is 5.56 Å². The normalized spacial score (nSPS) is 17.9. The number of phenols is 1. The van der Waals surface area contributed by atoms with Crippen LogP contribution in [0.3, 0.4) is 0 Å². The van der Waals surface area contributed by atoms with Crippen LogP contribution < -0.4 is 5.32 Å². The van der Waals surface area contributed by atoms with Crippen molar-refractivity contribution in [2.45, 2.75) is 60.0 Å². The monoisotopic (exact) mass is 332 g/mol. The Kier molecular flexibility index (Phi) is 6.27. The summed E-state index contributed by atoms with van der Waals surface area (Å²) in [6.45, 7) is 13.0. The first-order chi connectivity index (χ1) is 11.3. The van der Waals surface area contributed by atoms with E-state index in [9.17, 15) is 9.90 Å². The smallest absolute Gasteiger partial charge is 0.223 e. The zero-order valence-corrected chi connectivity index (χ0v) is 15.7. The van der Waals surface area contributed by atoms with Crippen molar-refractivity contribution in [2.75, 3.05) is 13.1 Å². The molecule has 1 atom stereocenters. The fourth-order valence-electron chi connectivity index (χ4n) is 3.09. The highest BCUT2D eigenvalue weighted by Crippen LogP contribution is 2.26. The fourth-order valence-corrected chi connectivity index (χ4v) is 3.09. The molecule has 0 bridgehead atoms. The van der Waals surface area contributed by atoms with E-state index in [1.807, 2.05) is 13.0 Å². The molecule has 1 amide bonds. The Balaban J connectivity index is 1.87. The number of piperidine rings is 1. The summed E-state index contributed by atoms with van der Waals surface area (Å²) in [6, 6.07) is 4.15. The van der Waals surface area contributed by atoms with E-state index in [0.29, 0.717) is 11.7 Å². The first-order valence-corrected chi connectivity index (χ1v) is 9.09. The molecule has 2 rings (SSSR count). The van der Waals surface area contributed by atoms with Gasteiger partial charge in [0.1, 0.15) is 5.75 Å². The lowest BCUT2D eigenvalue weighted by atomic mass is 9.94. The molecule has 0 radical (unpaired) electrons. The highest BCUT2D eigenvalue weighted by Gasteiger charge is 2.26. The van der Waals surface area contributed by atoms with Gasteiger partial charge >= 0.3 is 0 Å². The third-order valence-corrected chi connectivity index (χ3v) is 5.42. The van der Waals surface area contributed by atoms with Crippen LogP contribution in [0.25, 0.3) is 0 Å². The molecule has 0 saturated carbocycles. The second kappa shape index (κ2) is 8.02. The molecule has 1 aliphatic heterocycles. The number of hydrogen-bond donors (Lipinski definition) is 2. The Morgan fingerprint density at radius 3 is 2.38 bits per heavy atom. The topological polar surface area (TPSA) is 52.6 Å². The van der Waals surface area contributed by atoms with Crippen molar-refractivity contribution >= 4 is 5.91 Å². The number of benzene rings is 1. The van der Waals surface area contributed by atoms with E-state index in [0.717, 1.165) is 43.6 Å². The van der Waals surface area contributed by atoms with Gasteiger partial charge in [0, 0.05) is 24.1 Å². The van der Waals surface area contributed by atoms with Crippen LogP contribution in [0.5, 0.6) is 5.75 Å². The molecule has 134 valence electrons. The van der Waals surface area contributed by atoms with E-state index < -0.39 is 0 Å². The summed E-state index contributed by atoms with van der Waals surface area (Å²) in [7, 11) is 0. The zero-order valence-electron chi connectivity index (χ0n) is 15.7. The van der Waals surface area contributed by atoms with E-state index in [2.05, 4.69) is 44.0 Å². The minimum Gasteiger partial charge on any atom is -0.508 e. The largest absolute Gasteiger partial charge is 0.508 e. The molecule has 0 aliphatic carbocycles. The molecule has 1 saturated heterocycles. The lowest BCUT2D eigenvalue weighted by molar-refractivity contribution is -0.127. The summed E-state index contributed by atoms with van der Waals surface area (Å²) in [5.74, 6) is 1.16. The van der Waals surface area contributed by atoms with Gasteiger partial charge < -0.3 is 10.4 Å². The Bertz CT molecular complexity index is 575. The minimum absolute atomic E-state index is 0.121. The van der Waals surface area contributed by atoms with Gasteiger partial charge in [-0.05, 0) is 69.8 Å². The van der Waals surface area contributed by atoms with Gasteiger partial charge in [0.25, 0.3) is 0 Å². The molecule has 1 aliphatic rings. The highest BCUT2D eigenvalue weighted by atomic mass is 16.3. The van der Waals surface area contributed by atoms with Crippen LogP contribution >= 0.6 is 0 Å². The Labute approximate surface area is 146 Å². The molecule has 1 aromatic carbocycles. The number of nitrogens with one attached hydrogen (secondary N) is 1. The van der Waals surface area contributed by atoms with Crippen molar-refractivity contribution < 1.29 is 9.90 Å². The first kappa shape index (κ1) is 18.8. The summed E-state index contributed by atoms with van der Waals surface area (Å²) < 4.78 is 0. The maximum Gasteiger partial charge on any atom is 0.223 e. The SMILES string of the molecule is Cc1cc(O)c(CN2CCC(C(=O)NC(C)C(C)C)CC2)cc1C. The Morgan fingerprint density at radius 2 is 1.79 bits per heavy atom. The molecule has 0 spiro atoms. The fraction of sp³-hybridized carbons (Fsp3) is 0.650. The quantitative estimate of drug-likeness (QED) is 0.869. The van der Waals surface area contributed by atoms with Crippen molar-refractivity contribution in [1.82, 2.24) is 10.2 Å². The van der Waals surface area contributed by atoms with Crippen molar-refractivity contribution in [3.63, 3.8) is 0 Å². The average molecular weight is 332 g/mol. The second-order valence-electron chi connectivity index (χ2n) is 7.66. The van der Waals surface area contributed by atoms with Gasteiger partial charge in [0.2, 0.25) is 5.91 Å². The van der Waals surface area contributed by atoms with Gasteiger partial charge in [-0.3, -0.25) is 9.69 Å². The predicted molar refractivity (Wildman–Crippen MR) is 98.0 cm³/mol. The third-order valence-electron chi connectivity index (χ3n) is 5.42. The molecule has 4 nitrogen and oxygen atoms in total. The maximum absolute atomic E-state index is 12.3. The molecule has 1 unspecified atom stereocenters. The number of aryl methyl sites for hydroxylation is 2. The number of likely N-dealkylation sites (tertiary alicyclic amines) is 1. The molecular formula is C20H32N2O2. The lowest BCUT2D eigenvalue weighted by Gasteiger charge is -2.32. The summed E-state index contributed by atoms with van der Waals surface area (Å²) in [4.78, 5) is 14.7. The summed E-state index contributed by atoms with van der Waals surface area (Å²) >= 11 is 0. The van der Waals surface area contributed by atoms with Crippen LogP contribution in [0.2, 0.25) is 0 Å². The van der Waals surface area contributed by atoms with E-state index in [4.69, 9.17) is 0 Å². The second-order valence-corrected chi connectivity index (χ2v) is 7.66. The summed E-state index contributed by atoms with van der Waals surface area (Å²) in [5.41, 5.74) is 3.31. The third kappa shape index (κ3) is 4.73. The molecule has 2 N–H and O–H groups in total. The van der Waals surface area contributed by atoms with Crippen molar-refractivity contribution in [3.8, 4) is 5.75 Å². The summed E-state index contributed by atoms with van der Waals surface area (Å²) in [6.07, 6.45) is 1.78. The van der Waals surface area contributed by atoms with Gasteiger partial charge in [-0.25, -0.2) is 0 Å². The van der Waals surface area contributed by atoms with Crippen LogP contribution in [-0.2, 0) is 11.3 Å². The molecular weight excluding hydrogens is 300 g/mol. The van der Waals surface area contributed by atoms with Crippen molar-refractivity contribution in [3.05, 3.63) is 28.8 Å². The number of carbonyl (C=O) groups is 1. The molecule has 24 heavy (non-hydrogen) atoms. The van der Waals surface area contributed by atoms with Gasteiger partial charge in [-0.15, -0.1) is 0 Å². The zero-order chi connectivity index (χ0) is 17.9. The number of hydrogen-bond acceptors (Lipinski definition) is 3. The van der Waals surface area contributed by atoms with E-state index >= 15 is 0 Å². The molecule has 1 aromatic rings. The molecule has 1 heterocycles. The molecule has 1 fully saturated rings. The van der Waals surface area contributed by atoms with E-state index in [-0.39, 0.29) is 17.9 Å². The van der Waals surface area contributed by atoms with Gasteiger partial charge in [0.05, 0.1) is 0 Å². The number of nitrogens with zero attached hydrogens (tertiary/aromatic N) is 1. The molecule has 0 aromatic heterocycles. The Morgan fingerprint density at radius 1 is 1.21 bits per heavy atom. The first-order valence-electron chi connectivity index (χ1n) is 9.09. The van der Waals surface area contributed by atoms with Gasteiger partial charge in [-0.2, -0.15) is 0 Å². The van der Waals surface area contributed by atoms with E-state index in [1.54, 1.807) is 0 Å².